The van der Waals surface area contributed by atoms with Crippen LogP contribution in [0, 0.1) is 0 Å². The van der Waals surface area contributed by atoms with Crippen LogP contribution in [-0.4, -0.2) is 6.61 Å². The fourth-order valence-electron chi connectivity index (χ4n) is 1.20. The Morgan fingerprint density at radius 1 is 1.36 bits per heavy atom. The lowest BCUT2D eigenvalue weighted by atomic mass is 10.1. The van der Waals surface area contributed by atoms with Gasteiger partial charge in [-0.1, -0.05) is 17.7 Å². The van der Waals surface area contributed by atoms with Crippen LogP contribution in [0.4, 0.5) is 13.2 Å². The smallest absolute Gasteiger partial charge is 0.368 e. The average molecular weight is 223 g/mol. The molecule has 0 spiro atoms. The molecule has 0 unspecified atom stereocenters. The molecule has 1 nitrogen and oxygen atoms in total. The van der Waals surface area contributed by atoms with Gasteiger partial charge in [-0.05, 0) is 17.7 Å². The number of rotatable bonds is 1. The molecular weight excluding hydrogens is 217 g/mol. The second kappa shape index (κ2) is 3.14. The molecule has 0 N–H and O–H groups in total. The summed E-state index contributed by atoms with van der Waals surface area (Å²) in [5.41, 5.74) is -0.105. The second-order valence-corrected chi connectivity index (χ2v) is 3.47. The molecule has 1 aromatic rings. The van der Waals surface area contributed by atoms with E-state index >= 15 is 0 Å². The van der Waals surface area contributed by atoms with Crippen LogP contribution in [0.5, 0.6) is 0 Å². The summed E-state index contributed by atoms with van der Waals surface area (Å²) in [5.74, 6) is 0. The zero-order valence-electron chi connectivity index (χ0n) is 6.94. The first-order valence-corrected chi connectivity index (χ1v) is 4.34. The van der Waals surface area contributed by atoms with Crippen LogP contribution in [0.2, 0.25) is 5.02 Å². The summed E-state index contributed by atoms with van der Waals surface area (Å²) in [7, 11) is 0. The molecule has 0 bridgehead atoms. The quantitative estimate of drug-likeness (QED) is 0.664. The highest BCUT2D eigenvalue weighted by Crippen LogP contribution is 2.38. The van der Waals surface area contributed by atoms with Gasteiger partial charge < -0.3 is 4.74 Å². The number of ether oxygens (including phenoxy) is 1. The fraction of sp³-hybridized carbons (Fsp3) is 0.333. The van der Waals surface area contributed by atoms with Crippen LogP contribution in [0.25, 0.3) is 0 Å². The van der Waals surface area contributed by atoms with E-state index in [0.717, 1.165) is 6.07 Å². The van der Waals surface area contributed by atoms with Crippen molar-refractivity contribution in [3.05, 3.63) is 34.3 Å². The second-order valence-electron chi connectivity index (χ2n) is 3.06. The summed E-state index contributed by atoms with van der Waals surface area (Å²) in [6, 6.07) is 3.69. The molecule has 1 heterocycles. The Balaban J connectivity index is 2.35. The van der Waals surface area contributed by atoms with Crippen LogP contribution < -0.4 is 0 Å². The van der Waals surface area contributed by atoms with Crippen molar-refractivity contribution in [2.45, 2.75) is 12.3 Å². The first kappa shape index (κ1) is 9.80. The van der Waals surface area contributed by atoms with E-state index in [1.54, 1.807) is 0 Å². The van der Waals surface area contributed by atoms with Crippen LogP contribution in [0.15, 0.2) is 18.2 Å². The predicted octanol–water partition coefficient (Wildman–Crippen LogP) is 3.43. The molecule has 0 amide bonds. The molecule has 1 saturated heterocycles. The summed E-state index contributed by atoms with van der Waals surface area (Å²) in [5, 5.41) is -0.273. The van der Waals surface area contributed by atoms with Gasteiger partial charge in [0.15, 0.2) is 0 Å². The normalized spacial score (nSPS) is 21.0. The van der Waals surface area contributed by atoms with Crippen molar-refractivity contribution < 1.29 is 17.9 Å². The maximum Gasteiger partial charge on any atom is 0.417 e. The van der Waals surface area contributed by atoms with E-state index in [-0.39, 0.29) is 11.1 Å². The molecule has 0 radical (unpaired) electrons. The fourth-order valence-corrected chi connectivity index (χ4v) is 1.50. The van der Waals surface area contributed by atoms with Gasteiger partial charge in [0.2, 0.25) is 0 Å². The highest BCUT2D eigenvalue weighted by atomic mass is 35.5. The molecule has 0 saturated carbocycles. The lowest BCUT2D eigenvalue weighted by molar-refractivity contribution is -0.137. The van der Waals surface area contributed by atoms with Gasteiger partial charge in [0.05, 0.1) is 17.2 Å². The van der Waals surface area contributed by atoms with Crippen molar-refractivity contribution in [1.29, 1.82) is 0 Å². The Hall–Kier alpha value is -0.740. The Morgan fingerprint density at radius 2 is 2.00 bits per heavy atom. The lowest BCUT2D eigenvalue weighted by Gasteiger charge is -2.09. The molecule has 76 valence electrons. The summed E-state index contributed by atoms with van der Waals surface area (Å²) in [6.07, 6.45) is -4.46. The molecule has 1 aliphatic rings. The van der Waals surface area contributed by atoms with Crippen molar-refractivity contribution in [2.75, 3.05) is 6.61 Å². The van der Waals surface area contributed by atoms with Crippen molar-refractivity contribution in [3.63, 3.8) is 0 Å². The number of epoxide rings is 1. The summed E-state index contributed by atoms with van der Waals surface area (Å²) < 4.78 is 41.8. The van der Waals surface area contributed by atoms with E-state index in [4.69, 9.17) is 16.3 Å². The molecule has 0 aliphatic carbocycles. The molecule has 1 atom stereocenters. The number of benzene rings is 1. The molecule has 5 heteroatoms. The first-order chi connectivity index (χ1) is 6.48. The highest BCUT2D eigenvalue weighted by molar-refractivity contribution is 6.31. The zero-order chi connectivity index (χ0) is 10.3. The maximum absolute atomic E-state index is 12.3. The Labute approximate surface area is 83.4 Å². The van der Waals surface area contributed by atoms with E-state index < -0.39 is 11.7 Å². The van der Waals surface area contributed by atoms with Crippen molar-refractivity contribution >= 4 is 11.6 Å². The van der Waals surface area contributed by atoms with Crippen molar-refractivity contribution in [2.24, 2.45) is 0 Å². The van der Waals surface area contributed by atoms with Gasteiger partial charge in [0, 0.05) is 0 Å². The Kier molecular flexibility index (Phi) is 2.20. The Bertz CT molecular complexity index is 358. The SMILES string of the molecule is FC(F)(F)c1ccc([C@H]2CO2)cc1Cl. The van der Waals surface area contributed by atoms with Gasteiger partial charge in [-0.3, -0.25) is 0 Å². The van der Waals surface area contributed by atoms with Crippen LogP contribution >= 0.6 is 11.6 Å². The molecule has 0 aromatic heterocycles. The monoisotopic (exact) mass is 222 g/mol. The molecule has 1 aromatic carbocycles. The average Bonchev–Trinajstić information content (AvgIpc) is 2.83. The van der Waals surface area contributed by atoms with Gasteiger partial charge in [0.25, 0.3) is 0 Å². The maximum atomic E-state index is 12.3. The molecule has 14 heavy (non-hydrogen) atoms. The van der Waals surface area contributed by atoms with Crippen LogP contribution in [-0.2, 0) is 10.9 Å². The van der Waals surface area contributed by atoms with Crippen molar-refractivity contribution in [3.8, 4) is 0 Å². The predicted molar refractivity (Wildman–Crippen MR) is 45.1 cm³/mol. The third-order valence-electron chi connectivity index (χ3n) is 2.00. The third kappa shape index (κ3) is 1.86. The van der Waals surface area contributed by atoms with Gasteiger partial charge in [-0.25, -0.2) is 0 Å². The summed E-state index contributed by atoms with van der Waals surface area (Å²) >= 11 is 5.51. The van der Waals surface area contributed by atoms with E-state index in [2.05, 4.69) is 0 Å². The number of halogens is 4. The van der Waals surface area contributed by atoms with Gasteiger partial charge in [0.1, 0.15) is 6.10 Å². The first-order valence-electron chi connectivity index (χ1n) is 3.97. The van der Waals surface area contributed by atoms with Gasteiger partial charge in [-0.15, -0.1) is 0 Å². The van der Waals surface area contributed by atoms with Crippen LogP contribution in [0.3, 0.4) is 0 Å². The summed E-state index contributed by atoms with van der Waals surface area (Å²) in [4.78, 5) is 0. The third-order valence-corrected chi connectivity index (χ3v) is 2.32. The zero-order valence-corrected chi connectivity index (χ0v) is 7.69. The highest BCUT2D eigenvalue weighted by Gasteiger charge is 2.34. The van der Waals surface area contributed by atoms with E-state index in [1.807, 2.05) is 0 Å². The van der Waals surface area contributed by atoms with E-state index in [1.165, 1.54) is 12.1 Å². The van der Waals surface area contributed by atoms with Crippen LogP contribution in [0.1, 0.15) is 17.2 Å². The standard InChI is InChI=1S/C9H6ClF3O/c10-7-3-5(8-4-14-8)1-2-6(7)9(11,12)13/h1-3,8H,4H2/t8-/m1/s1. The number of hydrogen-bond acceptors (Lipinski definition) is 1. The minimum Gasteiger partial charge on any atom is -0.368 e. The van der Waals surface area contributed by atoms with Gasteiger partial charge >= 0.3 is 6.18 Å². The Morgan fingerprint density at radius 3 is 2.43 bits per heavy atom. The molecule has 1 fully saturated rings. The largest absolute Gasteiger partial charge is 0.417 e. The summed E-state index contributed by atoms with van der Waals surface area (Å²) in [6.45, 7) is 0.557. The minimum absolute atomic E-state index is 0.0743. The molecular formula is C9H6ClF3O. The van der Waals surface area contributed by atoms with Gasteiger partial charge in [-0.2, -0.15) is 13.2 Å². The van der Waals surface area contributed by atoms with E-state index in [9.17, 15) is 13.2 Å². The van der Waals surface area contributed by atoms with E-state index in [0.29, 0.717) is 12.2 Å². The van der Waals surface area contributed by atoms with Crippen molar-refractivity contribution in [1.82, 2.24) is 0 Å². The number of alkyl halides is 3. The number of hydrogen-bond donors (Lipinski definition) is 0. The lowest BCUT2D eigenvalue weighted by Crippen LogP contribution is -2.05. The molecule has 2 rings (SSSR count). The minimum atomic E-state index is -4.39. The molecule has 1 aliphatic heterocycles. The topological polar surface area (TPSA) is 12.5 Å².